The molecule has 138 valence electrons. The van der Waals surface area contributed by atoms with Crippen molar-refractivity contribution in [3.8, 4) is 0 Å². The van der Waals surface area contributed by atoms with Gasteiger partial charge in [0.2, 0.25) is 0 Å². The van der Waals surface area contributed by atoms with Crippen molar-refractivity contribution in [1.29, 1.82) is 0 Å². The van der Waals surface area contributed by atoms with Crippen LogP contribution in [0.3, 0.4) is 0 Å². The molecular weight excluding hydrogens is 326 g/mol. The van der Waals surface area contributed by atoms with Crippen LogP contribution in [0.1, 0.15) is 22.0 Å². The summed E-state index contributed by atoms with van der Waals surface area (Å²) in [6.45, 7) is 3.91. The second kappa shape index (κ2) is 8.78. The monoisotopic (exact) mass is 353 g/mol. The van der Waals surface area contributed by atoms with Crippen LogP contribution in [-0.2, 0) is 0 Å². The molecule has 26 heavy (non-hydrogen) atoms. The van der Waals surface area contributed by atoms with E-state index < -0.39 is 0 Å². The number of amides is 1. The summed E-state index contributed by atoms with van der Waals surface area (Å²) in [6.07, 6.45) is 1.76. The average molecular weight is 353 g/mol. The van der Waals surface area contributed by atoms with Gasteiger partial charge in [0.25, 0.3) is 5.91 Å². The molecule has 0 radical (unpaired) electrons. The molecule has 0 spiro atoms. The topological polar surface area (TPSA) is 60.5 Å². The first-order valence-electron chi connectivity index (χ1n) is 9.06. The molecule has 0 aliphatic carbocycles. The maximum absolute atomic E-state index is 12.6. The molecule has 2 heterocycles. The van der Waals surface area contributed by atoms with Crippen LogP contribution in [-0.4, -0.2) is 62.6 Å². The Morgan fingerprint density at radius 3 is 2.85 bits per heavy atom. The summed E-state index contributed by atoms with van der Waals surface area (Å²) >= 11 is 0. The molecule has 2 N–H and O–H groups in total. The van der Waals surface area contributed by atoms with Gasteiger partial charge in [-0.15, -0.1) is 0 Å². The molecule has 6 nitrogen and oxygen atoms in total. The van der Waals surface area contributed by atoms with E-state index in [1.165, 1.54) is 5.56 Å². The van der Waals surface area contributed by atoms with Gasteiger partial charge in [0, 0.05) is 45.0 Å². The standard InChI is InChI=1S/C20H27N5O/c1-24(2)13-11-23-20(26)17-9-6-10-22-19(17)25-14-12-21-18(15-25)16-7-4-3-5-8-16/h3-10,18,21H,11-15H2,1-2H3,(H,23,26)/t18-/m1/s1. The largest absolute Gasteiger partial charge is 0.353 e. The van der Waals surface area contributed by atoms with E-state index in [0.717, 1.165) is 32.0 Å². The maximum atomic E-state index is 12.6. The predicted molar refractivity (Wildman–Crippen MR) is 105 cm³/mol. The molecule has 1 fully saturated rings. The number of anilines is 1. The van der Waals surface area contributed by atoms with E-state index in [1.807, 2.05) is 37.2 Å². The SMILES string of the molecule is CN(C)CCNC(=O)c1cccnc1N1CCN[C@@H](c2ccccc2)C1. The molecule has 2 aromatic rings. The zero-order valence-electron chi connectivity index (χ0n) is 15.5. The Labute approximate surface area is 155 Å². The number of pyridine rings is 1. The third kappa shape index (κ3) is 4.59. The van der Waals surface area contributed by atoms with Crippen molar-refractivity contribution in [2.45, 2.75) is 6.04 Å². The van der Waals surface area contributed by atoms with Gasteiger partial charge in [-0.2, -0.15) is 0 Å². The fraction of sp³-hybridized carbons (Fsp3) is 0.400. The van der Waals surface area contributed by atoms with E-state index in [9.17, 15) is 4.79 Å². The lowest BCUT2D eigenvalue weighted by Crippen LogP contribution is -2.47. The zero-order chi connectivity index (χ0) is 18.4. The summed E-state index contributed by atoms with van der Waals surface area (Å²) < 4.78 is 0. The number of carbonyl (C=O) groups is 1. The molecule has 6 heteroatoms. The lowest BCUT2D eigenvalue weighted by atomic mass is 10.0. The first-order valence-corrected chi connectivity index (χ1v) is 9.06. The Morgan fingerprint density at radius 2 is 2.08 bits per heavy atom. The summed E-state index contributed by atoms with van der Waals surface area (Å²) in [6, 6.07) is 14.3. The fourth-order valence-electron chi connectivity index (χ4n) is 3.17. The summed E-state index contributed by atoms with van der Waals surface area (Å²) in [5.41, 5.74) is 1.89. The second-order valence-electron chi connectivity index (χ2n) is 6.80. The minimum absolute atomic E-state index is 0.0651. The van der Waals surface area contributed by atoms with Gasteiger partial charge >= 0.3 is 0 Å². The quantitative estimate of drug-likeness (QED) is 0.825. The molecule has 1 aromatic carbocycles. The van der Waals surface area contributed by atoms with Crippen LogP contribution in [0, 0.1) is 0 Å². The van der Waals surface area contributed by atoms with Crippen LogP contribution in [0.25, 0.3) is 0 Å². The van der Waals surface area contributed by atoms with Crippen molar-refractivity contribution < 1.29 is 4.79 Å². The number of hydrogen-bond donors (Lipinski definition) is 2. The Hall–Kier alpha value is -2.44. The average Bonchev–Trinajstić information content (AvgIpc) is 2.68. The smallest absolute Gasteiger partial charge is 0.255 e. The lowest BCUT2D eigenvalue weighted by molar-refractivity contribution is 0.0951. The Kier molecular flexibility index (Phi) is 6.20. The van der Waals surface area contributed by atoms with E-state index in [2.05, 4.69) is 44.8 Å². The van der Waals surface area contributed by atoms with Crippen molar-refractivity contribution in [2.24, 2.45) is 0 Å². The molecule has 1 aromatic heterocycles. The molecule has 1 atom stereocenters. The molecule has 3 rings (SSSR count). The van der Waals surface area contributed by atoms with Crippen LogP contribution in [0.15, 0.2) is 48.7 Å². The highest BCUT2D eigenvalue weighted by Crippen LogP contribution is 2.23. The summed E-state index contributed by atoms with van der Waals surface area (Å²) in [5.74, 6) is 0.696. The van der Waals surface area contributed by atoms with Crippen LogP contribution in [0.2, 0.25) is 0 Å². The molecular formula is C20H27N5O. The number of aromatic nitrogens is 1. The minimum Gasteiger partial charge on any atom is -0.353 e. The molecule has 0 bridgehead atoms. The Bertz CT molecular complexity index is 719. The van der Waals surface area contributed by atoms with Gasteiger partial charge in [0.1, 0.15) is 5.82 Å². The van der Waals surface area contributed by atoms with Crippen LogP contribution >= 0.6 is 0 Å². The number of piperazine rings is 1. The van der Waals surface area contributed by atoms with E-state index >= 15 is 0 Å². The number of likely N-dealkylation sites (N-methyl/N-ethyl adjacent to an activating group) is 1. The van der Waals surface area contributed by atoms with Crippen molar-refractivity contribution in [3.63, 3.8) is 0 Å². The Morgan fingerprint density at radius 1 is 1.27 bits per heavy atom. The number of hydrogen-bond acceptors (Lipinski definition) is 5. The van der Waals surface area contributed by atoms with Gasteiger partial charge in [-0.1, -0.05) is 30.3 Å². The molecule has 1 aliphatic rings. The third-order valence-electron chi connectivity index (χ3n) is 4.55. The number of nitrogens with zero attached hydrogens (tertiary/aromatic N) is 3. The first-order chi connectivity index (χ1) is 12.6. The van der Waals surface area contributed by atoms with Gasteiger partial charge in [-0.25, -0.2) is 4.98 Å². The van der Waals surface area contributed by atoms with Crippen molar-refractivity contribution in [1.82, 2.24) is 20.5 Å². The highest BCUT2D eigenvalue weighted by molar-refractivity contribution is 5.98. The van der Waals surface area contributed by atoms with Gasteiger partial charge in [-0.05, 0) is 31.8 Å². The molecule has 1 aliphatic heterocycles. The fourth-order valence-corrected chi connectivity index (χ4v) is 3.17. The van der Waals surface area contributed by atoms with Crippen LogP contribution in [0.5, 0.6) is 0 Å². The second-order valence-corrected chi connectivity index (χ2v) is 6.80. The maximum Gasteiger partial charge on any atom is 0.255 e. The van der Waals surface area contributed by atoms with Gasteiger partial charge in [-0.3, -0.25) is 4.79 Å². The van der Waals surface area contributed by atoms with Crippen LogP contribution in [0.4, 0.5) is 5.82 Å². The number of nitrogens with one attached hydrogen (secondary N) is 2. The minimum atomic E-state index is -0.0651. The molecule has 0 unspecified atom stereocenters. The van der Waals surface area contributed by atoms with E-state index in [1.54, 1.807) is 6.20 Å². The molecule has 0 saturated carbocycles. The van der Waals surface area contributed by atoms with E-state index in [4.69, 9.17) is 0 Å². The van der Waals surface area contributed by atoms with Gasteiger partial charge in [0.15, 0.2) is 0 Å². The van der Waals surface area contributed by atoms with Crippen molar-refractivity contribution in [2.75, 3.05) is 51.7 Å². The summed E-state index contributed by atoms with van der Waals surface area (Å²) in [7, 11) is 3.98. The van der Waals surface area contributed by atoms with Crippen LogP contribution < -0.4 is 15.5 Å². The third-order valence-corrected chi connectivity index (χ3v) is 4.55. The Balaban J connectivity index is 1.73. The summed E-state index contributed by atoms with van der Waals surface area (Å²) in [5, 5.41) is 6.54. The number of carbonyl (C=O) groups excluding carboxylic acids is 1. The molecule has 1 saturated heterocycles. The highest BCUT2D eigenvalue weighted by Gasteiger charge is 2.24. The zero-order valence-corrected chi connectivity index (χ0v) is 15.5. The van der Waals surface area contributed by atoms with Gasteiger partial charge in [0.05, 0.1) is 5.56 Å². The van der Waals surface area contributed by atoms with E-state index in [0.29, 0.717) is 12.1 Å². The number of benzene rings is 1. The number of rotatable bonds is 6. The normalized spacial score (nSPS) is 17.3. The van der Waals surface area contributed by atoms with Crippen molar-refractivity contribution in [3.05, 3.63) is 59.8 Å². The predicted octanol–water partition coefficient (Wildman–Crippen LogP) is 1.52. The van der Waals surface area contributed by atoms with Gasteiger partial charge < -0.3 is 20.4 Å². The molecule has 1 amide bonds. The van der Waals surface area contributed by atoms with E-state index in [-0.39, 0.29) is 11.9 Å². The highest BCUT2D eigenvalue weighted by atomic mass is 16.1. The van der Waals surface area contributed by atoms with Crippen molar-refractivity contribution >= 4 is 11.7 Å². The summed E-state index contributed by atoms with van der Waals surface area (Å²) in [4.78, 5) is 21.4. The first kappa shape index (κ1) is 18.4. The lowest BCUT2D eigenvalue weighted by Gasteiger charge is -2.35.